The van der Waals surface area contributed by atoms with E-state index in [1.807, 2.05) is 13.8 Å². The first-order valence-electron chi connectivity index (χ1n) is 10.6. The maximum absolute atomic E-state index is 13.1. The number of benzene rings is 2. The van der Waals surface area contributed by atoms with Crippen molar-refractivity contribution in [3.05, 3.63) is 58.7 Å². The van der Waals surface area contributed by atoms with Gasteiger partial charge in [-0.15, -0.1) is 0 Å². The van der Waals surface area contributed by atoms with Crippen molar-refractivity contribution in [1.82, 2.24) is 4.90 Å². The highest BCUT2D eigenvalue weighted by atomic mass is 16.5. The number of hydrogen-bond donors (Lipinski definition) is 1. The normalized spacial score (nSPS) is 17.4. The summed E-state index contributed by atoms with van der Waals surface area (Å²) in [6.45, 7) is 4.57. The van der Waals surface area contributed by atoms with E-state index in [1.165, 1.54) is 19.1 Å². The van der Waals surface area contributed by atoms with Gasteiger partial charge in [0, 0.05) is 19.2 Å². The van der Waals surface area contributed by atoms with E-state index in [0.717, 1.165) is 5.56 Å². The predicted molar refractivity (Wildman–Crippen MR) is 123 cm³/mol. The standard InChI is InChI=1S/C25H29NO7/c1-6-33-19-10-7-16(14-20(19)32-5)22-21(24(28)25(29)26(22)11-12-30-3)23(27)17-8-9-18(31-4)15(2)13-17/h7-10,13-14,22,27H,6,11-12H2,1-5H3/t22-/m1/s1. The van der Waals surface area contributed by atoms with Gasteiger partial charge in [0.15, 0.2) is 11.5 Å². The van der Waals surface area contributed by atoms with Gasteiger partial charge >= 0.3 is 0 Å². The fourth-order valence-electron chi connectivity index (χ4n) is 3.96. The minimum Gasteiger partial charge on any atom is -0.507 e. The lowest BCUT2D eigenvalue weighted by atomic mass is 9.94. The number of aliphatic hydroxyl groups excluding tert-OH is 1. The Balaban J connectivity index is 2.18. The number of aryl methyl sites for hydroxylation is 1. The molecule has 1 fully saturated rings. The number of ketones is 1. The van der Waals surface area contributed by atoms with E-state index in [2.05, 4.69) is 0 Å². The van der Waals surface area contributed by atoms with Crippen molar-refractivity contribution in [2.75, 3.05) is 41.1 Å². The number of Topliss-reactive ketones (excluding diaryl/α,β-unsaturated/α-hetero) is 1. The molecule has 1 amide bonds. The molecular weight excluding hydrogens is 426 g/mol. The van der Waals surface area contributed by atoms with Gasteiger partial charge in [0.25, 0.3) is 11.7 Å². The zero-order chi connectivity index (χ0) is 24.1. The Hall–Kier alpha value is -3.52. The number of aliphatic hydroxyl groups is 1. The fourth-order valence-corrected chi connectivity index (χ4v) is 3.96. The van der Waals surface area contributed by atoms with Crippen molar-refractivity contribution in [3.8, 4) is 17.2 Å². The summed E-state index contributed by atoms with van der Waals surface area (Å²) in [7, 11) is 4.60. The monoisotopic (exact) mass is 455 g/mol. The van der Waals surface area contributed by atoms with Crippen LogP contribution in [0.2, 0.25) is 0 Å². The van der Waals surface area contributed by atoms with Crippen LogP contribution in [0.15, 0.2) is 42.0 Å². The van der Waals surface area contributed by atoms with Crippen LogP contribution in [0.4, 0.5) is 0 Å². The summed E-state index contributed by atoms with van der Waals surface area (Å²) in [5.41, 5.74) is 1.82. The molecule has 176 valence electrons. The average Bonchev–Trinajstić information content (AvgIpc) is 3.07. The SMILES string of the molecule is CCOc1ccc([C@@H]2C(=C(O)c3ccc(OC)c(C)c3)C(=O)C(=O)N2CCOC)cc1OC. The molecule has 3 rings (SSSR count). The van der Waals surface area contributed by atoms with Crippen molar-refractivity contribution in [1.29, 1.82) is 0 Å². The molecule has 0 spiro atoms. The molecule has 1 atom stereocenters. The molecule has 0 unspecified atom stereocenters. The van der Waals surface area contributed by atoms with E-state index in [1.54, 1.807) is 43.5 Å². The number of nitrogens with zero attached hydrogens (tertiary/aromatic N) is 1. The molecule has 0 radical (unpaired) electrons. The average molecular weight is 456 g/mol. The molecule has 2 aromatic carbocycles. The molecule has 1 saturated heterocycles. The molecule has 0 bridgehead atoms. The molecule has 1 N–H and O–H groups in total. The molecule has 2 aromatic rings. The van der Waals surface area contributed by atoms with Crippen molar-refractivity contribution < 1.29 is 33.6 Å². The highest BCUT2D eigenvalue weighted by molar-refractivity contribution is 6.46. The Morgan fingerprint density at radius 2 is 1.70 bits per heavy atom. The third-order valence-electron chi connectivity index (χ3n) is 5.55. The van der Waals surface area contributed by atoms with Crippen molar-refractivity contribution in [2.45, 2.75) is 19.9 Å². The van der Waals surface area contributed by atoms with E-state index in [-0.39, 0.29) is 24.5 Å². The first kappa shape index (κ1) is 24.1. The Kier molecular flexibility index (Phi) is 7.60. The van der Waals surface area contributed by atoms with Crippen LogP contribution in [0.25, 0.3) is 5.76 Å². The molecule has 1 heterocycles. The van der Waals surface area contributed by atoms with Crippen LogP contribution < -0.4 is 14.2 Å². The largest absolute Gasteiger partial charge is 0.507 e. The molecule has 1 aliphatic rings. The van der Waals surface area contributed by atoms with E-state index >= 15 is 0 Å². The number of methoxy groups -OCH3 is 3. The zero-order valence-corrected chi connectivity index (χ0v) is 19.5. The minimum absolute atomic E-state index is 0.00637. The van der Waals surface area contributed by atoms with Gasteiger partial charge in [-0.25, -0.2) is 0 Å². The smallest absolute Gasteiger partial charge is 0.295 e. The second kappa shape index (κ2) is 10.4. The molecule has 0 aromatic heterocycles. The van der Waals surface area contributed by atoms with E-state index in [9.17, 15) is 14.7 Å². The van der Waals surface area contributed by atoms with Crippen molar-refractivity contribution >= 4 is 17.4 Å². The number of carbonyl (C=O) groups is 2. The van der Waals surface area contributed by atoms with E-state index in [4.69, 9.17) is 18.9 Å². The lowest BCUT2D eigenvalue weighted by Gasteiger charge is -2.25. The topological polar surface area (TPSA) is 94.5 Å². The zero-order valence-electron chi connectivity index (χ0n) is 19.5. The molecule has 0 aliphatic carbocycles. The highest BCUT2D eigenvalue weighted by Crippen LogP contribution is 2.42. The molecular formula is C25H29NO7. The Morgan fingerprint density at radius 1 is 1.00 bits per heavy atom. The summed E-state index contributed by atoms with van der Waals surface area (Å²) in [6.07, 6.45) is 0. The van der Waals surface area contributed by atoms with E-state index < -0.39 is 17.7 Å². The summed E-state index contributed by atoms with van der Waals surface area (Å²) in [5, 5.41) is 11.2. The first-order chi connectivity index (χ1) is 15.9. The summed E-state index contributed by atoms with van der Waals surface area (Å²) >= 11 is 0. The Labute approximate surface area is 193 Å². The van der Waals surface area contributed by atoms with Crippen LogP contribution in [-0.4, -0.2) is 62.8 Å². The van der Waals surface area contributed by atoms with Crippen LogP contribution in [0.5, 0.6) is 17.2 Å². The molecule has 8 heteroatoms. The van der Waals surface area contributed by atoms with Crippen LogP contribution in [0.3, 0.4) is 0 Å². The van der Waals surface area contributed by atoms with Gasteiger partial charge in [-0.2, -0.15) is 0 Å². The van der Waals surface area contributed by atoms with Gasteiger partial charge < -0.3 is 29.0 Å². The van der Waals surface area contributed by atoms with Crippen LogP contribution >= 0.6 is 0 Å². The summed E-state index contributed by atoms with van der Waals surface area (Å²) in [4.78, 5) is 27.4. The number of carbonyl (C=O) groups excluding carboxylic acids is 2. The lowest BCUT2D eigenvalue weighted by Crippen LogP contribution is -2.32. The number of hydrogen-bond acceptors (Lipinski definition) is 7. The summed E-state index contributed by atoms with van der Waals surface area (Å²) < 4.78 is 21.5. The van der Waals surface area contributed by atoms with Crippen LogP contribution in [-0.2, 0) is 14.3 Å². The van der Waals surface area contributed by atoms with Crippen molar-refractivity contribution in [2.24, 2.45) is 0 Å². The quantitative estimate of drug-likeness (QED) is 0.351. The van der Waals surface area contributed by atoms with Crippen LogP contribution in [0, 0.1) is 6.92 Å². The molecule has 33 heavy (non-hydrogen) atoms. The number of likely N-dealkylation sites (tertiary alicyclic amines) is 1. The third kappa shape index (κ3) is 4.66. The van der Waals surface area contributed by atoms with Gasteiger partial charge in [-0.1, -0.05) is 6.07 Å². The summed E-state index contributed by atoms with van der Waals surface area (Å²) in [5.74, 6) is -0.0429. The second-order valence-electron chi connectivity index (χ2n) is 7.51. The van der Waals surface area contributed by atoms with Gasteiger partial charge in [0.05, 0.1) is 39.0 Å². The minimum atomic E-state index is -0.813. The maximum atomic E-state index is 13.1. The molecule has 1 aliphatic heterocycles. The highest BCUT2D eigenvalue weighted by Gasteiger charge is 2.46. The number of amides is 1. The van der Waals surface area contributed by atoms with Crippen molar-refractivity contribution in [3.63, 3.8) is 0 Å². The fraction of sp³-hybridized carbons (Fsp3) is 0.360. The number of rotatable bonds is 9. The third-order valence-corrected chi connectivity index (χ3v) is 5.55. The Morgan fingerprint density at radius 3 is 2.30 bits per heavy atom. The van der Waals surface area contributed by atoms with E-state index in [0.29, 0.717) is 35.0 Å². The Bertz CT molecular complexity index is 1080. The number of ether oxygens (including phenoxy) is 4. The van der Waals surface area contributed by atoms with Gasteiger partial charge in [-0.05, 0) is 55.3 Å². The van der Waals surface area contributed by atoms with Gasteiger partial charge in [0.2, 0.25) is 0 Å². The maximum Gasteiger partial charge on any atom is 0.295 e. The molecule has 0 saturated carbocycles. The van der Waals surface area contributed by atoms with Crippen LogP contribution in [0.1, 0.15) is 29.7 Å². The van der Waals surface area contributed by atoms with Gasteiger partial charge in [-0.3, -0.25) is 9.59 Å². The van der Waals surface area contributed by atoms with Gasteiger partial charge in [0.1, 0.15) is 11.5 Å². The summed E-state index contributed by atoms with van der Waals surface area (Å²) in [6, 6.07) is 9.47. The molecule has 8 nitrogen and oxygen atoms in total. The first-order valence-corrected chi connectivity index (χ1v) is 10.6. The lowest BCUT2D eigenvalue weighted by molar-refractivity contribution is -0.140. The second-order valence-corrected chi connectivity index (χ2v) is 7.51. The predicted octanol–water partition coefficient (Wildman–Crippen LogP) is 3.48.